The number of benzene rings is 1. The normalized spacial score (nSPS) is 12.2. The first-order valence-electron chi connectivity index (χ1n) is 6.15. The van der Waals surface area contributed by atoms with Gasteiger partial charge in [-0.25, -0.2) is 0 Å². The molecule has 0 aliphatic heterocycles. The van der Waals surface area contributed by atoms with E-state index in [1.165, 1.54) is 0 Å². The van der Waals surface area contributed by atoms with Crippen LogP contribution in [0.15, 0.2) is 18.2 Å². The van der Waals surface area contributed by atoms with Crippen LogP contribution in [-0.2, 0) is 6.54 Å². The molecule has 18 heavy (non-hydrogen) atoms. The number of hydrogen-bond donors (Lipinski definition) is 1. The highest BCUT2D eigenvalue weighted by molar-refractivity contribution is 5.48. The molecule has 1 unspecified atom stereocenters. The van der Waals surface area contributed by atoms with Crippen molar-refractivity contribution in [3.8, 4) is 11.8 Å². The van der Waals surface area contributed by atoms with Crippen LogP contribution in [-0.4, -0.2) is 25.1 Å². The summed E-state index contributed by atoms with van der Waals surface area (Å²) in [6, 6.07) is 7.94. The molecule has 0 aliphatic carbocycles. The van der Waals surface area contributed by atoms with Gasteiger partial charge in [-0.05, 0) is 19.5 Å². The second kappa shape index (κ2) is 6.87. The van der Waals surface area contributed by atoms with E-state index in [1.54, 1.807) is 7.11 Å². The van der Waals surface area contributed by atoms with Gasteiger partial charge in [-0.2, -0.15) is 5.26 Å². The van der Waals surface area contributed by atoms with Crippen molar-refractivity contribution in [3.05, 3.63) is 23.8 Å². The van der Waals surface area contributed by atoms with Gasteiger partial charge in [0.15, 0.2) is 0 Å². The van der Waals surface area contributed by atoms with E-state index in [2.05, 4.69) is 17.9 Å². The maximum atomic E-state index is 8.86. The molecule has 0 fully saturated rings. The van der Waals surface area contributed by atoms with Gasteiger partial charge in [-0.3, -0.25) is 4.90 Å². The maximum absolute atomic E-state index is 8.86. The first-order valence-corrected chi connectivity index (χ1v) is 6.15. The average Bonchev–Trinajstić information content (AvgIpc) is 2.39. The monoisotopic (exact) mass is 247 g/mol. The zero-order valence-electron chi connectivity index (χ0n) is 11.3. The lowest BCUT2D eigenvalue weighted by Gasteiger charge is -2.22. The van der Waals surface area contributed by atoms with Crippen molar-refractivity contribution in [2.75, 3.05) is 25.9 Å². The lowest BCUT2D eigenvalue weighted by molar-refractivity contribution is 0.256. The summed E-state index contributed by atoms with van der Waals surface area (Å²) in [5.74, 6) is 0.836. The standard InChI is InChI=1S/C14H21N3O/c1-4-17(9-11(2)8-15)10-12-5-6-13(16)7-14(12)18-3/h5-7,11H,4,9-10,16H2,1-3H3. The summed E-state index contributed by atoms with van der Waals surface area (Å²) < 4.78 is 5.33. The van der Waals surface area contributed by atoms with Gasteiger partial charge >= 0.3 is 0 Å². The van der Waals surface area contributed by atoms with Gasteiger partial charge in [0.2, 0.25) is 0 Å². The topological polar surface area (TPSA) is 62.3 Å². The van der Waals surface area contributed by atoms with Crippen molar-refractivity contribution in [3.63, 3.8) is 0 Å². The molecule has 0 saturated carbocycles. The molecule has 4 heteroatoms. The summed E-state index contributed by atoms with van der Waals surface area (Å²) in [5.41, 5.74) is 7.53. The molecular weight excluding hydrogens is 226 g/mol. The van der Waals surface area contributed by atoms with Gasteiger partial charge in [-0.1, -0.05) is 13.0 Å². The summed E-state index contributed by atoms with van der Waals surface area (Å²) in [4.78, 5) is 2.22. The maximum Gasteiger partial charge on any atom is 0.125 e. The summed E-state index contributed by atoms with van der Waals surface area (Å²) in [6.45, 7) is 6.46. The van der Waals surface area contributed by atoms with E-state index in [0.29, 0.717) is 5.69 Å². The Labute approximate surface area is 109 Å². The fourth-order valence-electron chi connectivity index (χ4n) is 1.87. The van der Waals surface area contributed by atoms with Crippen LogP contribution in [0.2, 0.25) is 0 Å². The minimum absolute atomic E-state index is 0.0322. The Kier molecular flexibility index (Phi) is 5.47. The smallest absolute Gasteiger partial charge is 0.125 e. The van der Waals surface area contributed by atoms with Crippen molar-refractivity contribution in [1.29, 1.82) is 5.26 Å². The highest BCUT2D eigenvalue weighted by atomic mass is 16.5. The number of hydrogen-bond acceptors (Lipinski definition) is 4. The second-order valence-corrected chi connectivity index (χ2v) is 4.43. The lowest BCUT2D eigenvalue weighted by atomic mass is 10.1. The van der Waals surface area contributed by atoms with E-state index in [0.717, 1.165) is 30.9 Å². The largest absolute Gasteiger partial charge is 0.496 e. The third kappa shape index (κ3) is 3.94. The molecule has 0 heterocycles. The molecule has 0 aromatic heterocycles. The second-order valence-electron chi connectivity index (χ2n) is 4.43. The van der Waals surface area contributed by atoms with Crippen molar-refractivity contribution in [1.82, 2.24) is 4.90 Å². The van der Waals surface area contributed by atoms with E-state index < -0.39 is 0 Å². The number of methoxy groups -OCH3 is 1. The zero-order chi connectivity index (χ0) is 13.5. The molecule has 0 aliphatic rings. The molecule has 0 amide bonds. The minimum Gasteiger partial charge on any atom is -0.496 e. The Morgan fingerprint density at radius 2 is 2.22 bits per heavy atom. The Morgan fingerprint density at radius 1 is 1.50 bits per heavy atom. The van der Waals surface area contributed by atoms with Crippen LogP contribution in [0.4, 0.5) is 5.69 Å². The molecule has 0 bridgehead atoms. The third-order valence-electron chi connectivity index (χ3n) is 2.90. The first kappa shape index (κ1) is 14.3. The quantitative estimate of drug-likeness (QED) is 0.783. The van der Waals surface area contributed by atoms with Crippen molar-refractivity contribution >= 4 is 5.69 Å². The van der Waals surface area contributed by atoms with Gasteiger partial charge in [-0.15, -0.1) is 0 Å². The van der Waals surface area contributed by atoms with E-state index in [4.69, 9.17) is 15.7 Å². The molecule has 4 nitrogen and oxygen atoms in total. The van der Waals surface area contributed by atoms with E-state index in [1.807, 2.05) is 25.1 Å². The molecule has 0 spiro atoms. The van der Waals surface area contributed by atoms with Crippen LogP contribution in [0.3, 0.4) is 0 Å². The Balaban J connectivity index is 2.78. The minimum atomic E-state index is 0.0322. The van der Waals surface area contributed by atoms with Crippen LogP contribution < -0.4 is 10.5 Å². The van der Waals surface area contributed by atoms with Crippen molar-refractivity contribution in [2.45, 2.75) is 20.4 Å². The summed E-state index contributed by atoms with van der Waals surface area (Å²) in [7, 11) is 1.65. The van der Waals surface area contributed by atoms with Gasteiger partial charge in [0.25, 0.3) is 0 Å². The molecule has 1 aromatic rings. The molecule has 1 atom stereocenters. The van der Waals surface area contributed by atoms with E-state index >= 15 is 0 Å². The summed E-state index contributed by atoms with van der Waals surface area (Å²) in [6.07, 6.45) is 0. The Bertz CT molecular complexity index is 426. The van der Waals surface area contributed by atoms with Crippen LogP contribution >= 0.6 is 0 Å². The van der Waals surface area contributed by atoms with E-state index in [9.17, 15) is 0 Å². The average molecular weight is 247 g/mol. The molecule has 0 radical (unpaired) electrons. The number of nitrogens with two attached hydrogens (primary N) is 1. The van der Waals surface area contributed by atoms with Crippen molar-refractivity contribution in [2.24, 2.45) is 5.92 Å². The molecule has 2 N–H and O–H groups in total. The number of ether oxygens (including phenoxy) is 1. The Hall–Kier alpha value is -1.73. The number of anilines is 1. The lowest BCUT2D eigenvalue weighted by Crippen LogP contribution is -2.27. The fraction of sp³-hybridized carbons (Fsp3) is 0.500. The van der Waals surface area contributed by atoms with Crippen LogP contribution in [0.1, 0.15) is 19.4 Å². The molecule has 98 valence electrons. The van der Waals surface area contributed by atoms with Gasteiger partial charge in [0, 0.05) is 30.4 Å². The Morgan fingerprint density at radius 3 is 2.78 bits per heavy atom. The number of nitriles is 1. The molecule has 1 rings (SSSR count). The first-order chi connectivity index (χ1) is 8.60. The number of nitrogens with zero attached hydrogens (tertiary/aromatic N) is 2. The van der Waals surface area contributed by atoms with Gasteiger partial charge in [0.1, 0.15) is 5.75 Å². The van der Waals surface area contributed by atoms with Gasteiger partial charge < -0.3 is 10.5 Å². The molecule has 0 saturated heterocycles. The van der Waals surface area contributed by atoms with Crippen LogP contribution in [0.5, 0.6) is 5.75 Å². The predicted molar refractivity (Wildman–Crippen MR) is 73.1 cm³/mol. The highest BCUT2D eigenvalue weighted by Crippen LogP contribution is 2.23. The number of rotatable bonds is 6. The van der Waals surface area contributed by atoms with Crippen molar-refractivity contribution < 1.29 is 4.74 Å². The fourth-order valence-corrected chi connectivity index (χ4v) is 1.87. The summed E-state index contributed by atoms with van der Waals surface area (Å²) >= 11 is 0. The van der Waals surface area contributed by atoms with Crippen LogP contribution in [0.25, 0.3) is 0 Å². The predicted octanol–water partition coefficient (Wildman–Crippen LogP) is 2.26. The molecular formula is C14H21N3O. The van der Waals surface area contributed by atoms with Gasteiger partial charge in [0.05, 0.1) is 19.1 Å². The third-order valence-corrected chi connectivity index (χ3v) is 2.90. The molecule has 1 aromatic carbocycles. The SMILES string of the molecule is CCN(Cc1ccc(N)cc1OC)CC(C)C#N. The van der Waals surface area contributed by atoms with Crippen LogP contribution in [0, 0.1) is 17.2 Å². The summed E-state index contributed by atoms with van der Waals surface area (Å²) in [5, 5.41) is 8.86. The zero-order valence-corrected chi connectivity index (χ0v) is 11.3. The van der Waals surface area contributed by atoms with E-state index in [-0.39, 0.29) is 5.92 Å². The number of nitrogen functional groups attached to an aromatic ring is 1. The highest BCUT2D eigenvalue weighted by Gasteiger charge is 2.11.